The Morgan fingerprint density at radius 1 is 1.59 bits per heavy atom. The number of aliphatic carboxylic acids is 1. The van der Waals surface area contributed by atoms with Crippen LogP contribution in [0.2, 0.25) is 0 Å². The molecular formula is C11H14N2O4. The quantitative estimate of drug-likeness (QED) is 0.815. The highest BCUT2D eigenvalue weighted by atomic mass is 16.5. The highest BCUT2D eigenvalue weighted by Gasteiger charge is 2.44. The molecule has 2 rings (SSSR count). The molecule has 6 heteroatoms. The average molecular weight is 238 g/mol. The lowest BCUT2D eigenvalue weighted by Crippen LogP contribution is -2.47. The molecule has 0 bridgehead atoms. The van der Waals surface area contributed by atoms with E-state index in [-0.39, 0.29) is 12.2 Å². The monoisotopic (exact) mass is 238 g/mol. The van der Waals surface area contributed by atoms with Crippen molar-refractivity contribution in [3.8, 4) is 0 Å². The Labute approximate surface area is 98.0 Å². The van der Waals surface area contributed by atoms with E-state index in [1.807, 2.05) is 0 Å². The summed E-state index contributed by atoms with van der Waals surface area (Å²) in [5.41, 5.74) is -0.601. The van der Waals surface area contributed by atoms with Gasteiger partial charge in [-0.3, -0.25) is 9.59 Å². The first-order valence-electron chi connectivity index (χ1n) is 5.48. The van der Waals surface area contributed by atoms with Gasteiger partial charge in [0.2, 0.25) is 0 Å². The Morgan fingerprint density at radius 3 is 2.71 bits per heavy atom. The second-order valence-electron chi connectivity index (χ2n) is 4.44. The fourth-order valence-corrected chi connectivity index (χ4v) is 1.88. The van der Waals surface area contributed by atoms with Crippen LogP contribution in [-0.4, -0.2) is 28.7 Å². The van der Waals surface area contributed by atoms with Gasteiger partial charge in [0.15, 0.2) is 5.69 Å². The summed E-state index contributed by atoms with van der Waals surface area (Å²) < 4.78 is 4.78. The van der Waals surface area contributed by atoms with Gasteiger partial charge in [-0.05, 0) is 19.8 Å². The second-order valence-corrected chi connectivity index (χ2v) is 4.44. The number of nitrogens with zero attached hydrogens (tertiary/aromatic N) is 1. The molecule has 2 N–H and O–H groups in total. The molecule has 1 aromatic heterocycles. The number of aryl methyl sites for hydroxylation is 1. The van der Waals surface area contributed by atoms with Crippen LogP contribution in [0.1, 0.15) is 35.5 Å². The number of hydrogen-bond donors (Lipinski definition) is 2. The SMILES string of the molecule is Cc1cc(C(=O)NCC2(C(=O)O)CCC2)no1. The van der Waals surface area contributed by atoms with E-state index in [2.05, 4.69) is 10.5 Å². The first-order valence-corrected chi connectivity index (χ1v) is 5.48. The maximum atomic E-state index is 11.6. The fraction of sp³-hybridized carbons (Fsp3) is 0.545. The molecule has 17 heavy (non-hydrogen) atoms. The molecule has 6 nitrogen and oxygen atoms in total. The van der Waals surface area contributed by atoms with Crippen LogP contribution in [0.3, 0.4) is 0 Å². The normalized spacial score (nSPS) is 17.2. The molecule has 1 aromatic rings. The Hall–Kier alpha value is -1.85. The summed E-state index contributed by atoms with van der Waals surface area (Å²) in [6.07, 6.45) is 2.12. The molecule has 0 atom stereocenters. The van der Waals surface area contributed by atoms with Gasteiger partial charge in [0.25, 0.3) is 5.91 Å². The van der Waals surface area contributed by atoms with Crippen LogP contribution in [0, 0.1) is 12.3 Å². The number of rotatable bonds is 4. The molecule has 1 amide bonds. The van der Waals surface area contributed by atoms with Crippen molar-refractivity contribution in [3.63, 3.8) is 0 Å². The van der Waals surface area contributed by atoms with Gasteiger partial charge in [0.05, 0.1) is 5.41 Å². The van der Waals surface area contributed by atoms with Gasteiger partial charge in [-0.1, -0.05) is 11.6 Å². The molecule has 1 heterocycles. The summed E-state index contributed by atoms with van der Waals surface area (Å²) in [6, 6.07) is 1.52. The van der Waals surface area contributed by atoms with E-state index in [0.717, 1.165) is 6.42 Å². The number of nitrogens with one attached hydrogen (secondary N) is 1. The Bertz CT molecular complexity index is 448. The Morgan fingerprint density at radius 2 is 2.29 bits per heavy atom. The third-order valence-electron chi connectivity index (χ3n) is 3.21. The van der Waals surface area contributed by atoms with E-state index in [4.69, 9.17) is 9.63 Å². The lowest BCUT2D eigenvalue weighted by Gasteiger charge is -2.37. The molecular weight excluding hydrogens is 224 g/mol. The maximum Gasteiger partial charge on any atom is 0.311 e. The molecule has 0 aliphatic heterocycles. The molecule has 1 aliphatic rings. The van der Waals surface area contributed by atoms with E-state index in [9.17, 15) is 9.59 Å². The fourth-order valence-electron chi connectivity index (χ4n) is 1.88. The number of carboxylic acid groups (broad SMARTS) is 1. The van der Waals surface area contributed by atoms with E-state index in [0.29, 0.717) is 18.6 Å². The zero-order valence-corrected chi connectivity index (χ0v) is 9.52. The highest BCUT2D eigenvalue weighted by Crippen LogP contribution is 2.40. The lowest BCUT2D eigenvalue weighted by atomic mass is 9.69. The van der Waals surface area contributed by atoms with Gasteiger partial charge >= 0.3 is 5.97 Å². The molecule has 0 unspecified atom stereocenters. The summed E-state index contributed by atoms with van der Waals surface area (Å²) in [7, 11) is 0. The molecule has 0 radical (unpaired) electrons. The van der Waals surface area contributed by atoms with E-state index < -0.39 is 17.3 Å². The molecule has 0 aromatic carbocycles. The first kappa shape index (κ1) is 11.6. The Balaban J connectivity index is 1.94. The summed E-state index contributed by atoms with van der Waals surface area (Å²) >= 11 is 0. The molecule has 1 aliphatic carbocycles. The molecule has 1 fully saturated rings. The maximum absolute atomic E-state index is 11.6. The van der Waals surface area contributed by atoms with Crippen molar-refractivity contribution in [2.45, 2.75) is 26.2 Å². The lowest BCUT2D eigenvalue weighted by molar-refractivity contribution is -0.153. The number of hydrogen-bond acceptors (Lipinski definition) is 4. The molecule has 92 valence electrons. The number of aromatic nitrogens is 1. The van der Waals surface area contributed by atoms with Gasteiger partial charge in [-0.25, -0.2) is 0 Å². The zero-order chi connectivity index (χ0) is 12.5. The van der Waals surface area contributed by atoms with Gasteiger partial charge in [0.1, 0.15) is 5.76 Å². The first-order chi connectivity index (χ1) is 8.03. The standard InChI is InChI=1S/C11H14N2O4/c1-7-5-8(13-17-7)9(14)12-6-11(10(15)16)3-2-4-11/h5H,2-4,6H2,1H3,(H,12,14)(H,15,16). The van der Waals surface area contributed by atoms with E-state index >= 15 is 0 Å². The van der Waals surface area contributed by atoms with Crippen molar-refractivity contribution in [1.29, 1.82) is 0 Å². The van der Waals surface area contributed by atoms with Crippen molar-refractivity contribution in [2.75, 3.05) is 6.54 Å². The van der Waals surface area contributed by atoms with Crippen LogP contribution in [0.25, 0.3) is 0 Å². The second kappa shape index (κ2) is 4.20. The van der Waals surface area contributed by atoms with Crippen LogP contribution < -0.4 is 5.32 Å². The van der Waals surface area contributed by atoms with Gasteiger partial charge in [-0.2, -0.15) is 0 Å². The van der Waals surface area contributed by atoms with Crippen molar-refractivity contribution < 1.29 is 19.2 Å². The summed E-state index contributed by atoms with van der Waals surface area (Å²) in [4.78, 5) is 22.7. The average Bonchev–Trinajstić information content (AvgIpc) is 2.62. The molecule has 1 saturated carbocycles. The van der Waals surface area contributed by atoms with Crippen LogP contribution in [-0.2, 0) is 4.79 Å². The van der Waals surface area contributed by atoms with Gasteiger partial charge < -0.3 is 14.9 Å². The Kier molecular flexibility index (Phi) is 2.87. The summed E-state index contributed by atoms with van der Waals surface area (Å²) in [5, 5.41) is 15.3. The minimum Gasteiger partial charge on any atom is -0.481 e. The third-order valence-corrected chi connectivity index (χ3v) is 3.21. The van der Waals surface area contributed by atoms with Crippen LogP contribution >= 0.6 is 0 Å². The van der Waals surface area contributed by atoms with Gasteiger partial charge in [0, 0.05) is 12.6 Å². The minimum atomic E-state index is -0.847. The zero-order valence-electron chi connectivity index (χ0n) is 9.52. The van der Waals surface area contributed by atoms with Crippen molar-refractivity contribution in [1.82, 2.24) is 10.5 Å². The molecule has 0 spiro atoms. The predicted octanol–water partition coefficient (Wildman–Crippen LogP) is 0.968. The van der Waals surface area contributed by atoms with Crippen LogP contribution in [0.4, 0.5) is 0 Å². The van der Waals surface area contributed by atoms with Gasteiger partial charge in [-0.15, -0.1) is 0 Å². The van der Waals surface area contributed by atoms with E-state index in [1.165, 1.54) is 6.07 Å². The topological polar surface area (TPSA) is 92.4 Å². The van der Waals surface area contributed by atoms with Crippen LogP contribution in [0.5, 0.6) is 0 Å². The smallest absolute Gasteiger partial charge is 0.311 e. The number of carbonyl (C=O) groups is 2. The van der Waals surface area contributed by atoms with Crippen molar-refractivity contribution in [2.24, 2.45) is 5.41 Å². The number of carboxylic acids is 1. The third kappa shape index (κ3) is 2.15. The minimum absolute atomic E-state index is 0.146. The van der Waals surface area contributed by atoms with Crippen LogP contribution in [0.15, 0.2) is 10.6 Å². The highest BCUT2D eigenvalue weighted by molar-refractivity contribution is 5.92. The van der Waals surface area contributed by atoms with E-state index in [1.54, 1.807) is 6.92 Å². The summed E-state index contributed by atoms with van der Waals surface area (Å²) in [5.74, 6) is -0.693. The number of carbonyl (C=O) groups excluding carboxylic acids is 1. The largest absolute Gasteiger partial charge is 0.481 e. The predicted molar refractivity (Wildman–Crippen MR) is 57.5 cm³/mol. The van der Waals surface area contributed by atoms with Crippen molar-refractivity contribution in [3.05, 3.63) is 17.5 Å². The van der Waals surface area contributed by atoms with Crippen molar-refractivity contribution >= 4 is 11.9 Å². The number of amides is 1. The summed E-state index contributed by atoms with van der Waals surface area (Å²) in [6.45, 7) is 1.83. The molecule has 0 saturated heterocycles.